The van der Waals surface area contributed by atoms with Crippen LogP contribution in [0, 0.1) is 0 Å². The molecule has 1 aromatic rings. The van der Waals surface area contributed by atoms with Crippen molar-refractivity contribution in [3.63, 3.8) is 0 Å². The van der Waals surface area contributed by atoms with Gasteiger partial charge in [0.25, 0.3) is 0 Å². The summed E-state index contributed by atoms with van der Waals surface area (Å²) in [5.41, 5.74) is -0.0310. The van der Waals surface area contributed by atoms with E-state index >= 15 is 0 Å². The summed E-state index contributed by atoms with van der Waals surface area (Å²) in [5.74, 6) is 0.0596. The highest BCUT2D eigenvalue weighted by atomic mass is 32.1. The molecule has 2 heterocycles. The van der Waals surface area contributed by atoms with E-state index in [1.54, 1.807) is 0 Å². The lowest BCUT2D eigenvalue weighted by atomic mass is 9.98. The maximum Gasteiger partial charge on any atom is 0.243 e. The van der Waals surface area contributed by atoms with Crippen LogP contribution in [0.5, 0.6) is 0 Å². The third kappa shape index (κ3) is 3.80. The van der Waals surface area contributed by atoms with Crippen LogP contribution in [0.4, 0.5) is 5.13 Å². The molecule has 2 unspecified atom stereocenters. The molecular formula is C15H26N4OS. The van der Waals surface area contributed by atoms with Crippen LogP contribution in [0.3, 0.4) is 0 Å². The number of aromatic nitrogens is 2. The molecule has 1 fully saturated rings. The van der Waals surface area contributed by atoms with Gasteiger partial charge in [0.15, 0.2) is 0 Å². The summed E-state index contributed by atoms with van der Waals surface area (Å²) in [6.07, 6.45) is 3.09. The van der Waals surface area contributed by atoms with Crippen molar-refractivity contribution < 1.29 is 4.79 Å². The van der Waals surface area contributed by atoms with Gasteiger partial charge in [0, 0.05) is 11.5 Å². The second kappa shape index (κ2) is 6.40. The van der Waals surface area contributed by atoms with Gasteiger partial charge in [0.05, 0.1) is 6.04 Å². The molecule has 1 saturated heterocycles. The van der Waals surface area contributed by atoms with Gasteiger partial charge < -0.3 is 0 Å². The summed E-state index contributed by atoms with van der Waals surface area (Å²) in [5, 5.41) is 12.8. The van der Waals surface area contributed by atoms with E-state index in [0.29, 0.717) is 11.2 Å². The number of anilines is 1. The summed E-state index contributed by atoms with van der Waals surface area (Å²) in [6.45, 7) is 11.7. The van der Waals surface area contributed by atoms with Gasteiger partial charge in [0.1, 0.15) is 5.01 Å². The zero-order valence-corrected chi connectivity index (χ0v) is 14.5. The topological polar surface area (TPSA) is 58.1 Å². The number of carbonyl (C=O) groups is 1. The summed E-state index contributed by atoms with van der Waals surface area (Å²) < 4.78 is 0. The van der Waals surface area contributed by atoms with Gasteiger partial charge in [-0.25, -0.2) is 0 Å². The van der Waals surface area contributed by atoms with Gasteiger partial charge in [-0.15, -0.1) is 10.2 Å². The van der Waals surface area contributed by atoms with E-state index in [2.05, 4.69) is 55.0 Å². The molecule has 0 aromatic carbocycles. The first kappa shape index (κ1) is 16.4. The highest BCUT2D eigenvalue weighted by Gasteiger charge is 2.33. The monoisotopic (exact) mass is 310 g/mol. The summed E-state index contributed by atoms with van der Waals surface area (Å²) in [6, 6.07) is 0.421. The fourth-order valence-electron chi connectivity index (χ4n) is 2.60. The van der Waals surface area contributed by atoms with Gasteiger partial charge in [-0.2, -0.15) is 0 Å². The first-order valence-electron chi connectivity index (χ1n) is 7.73. The Kier molecular flexibility index (Phi) is 4.99. The third-order valence-electron chi connectivity index (χ3n) is 4.05. The molecular weight excluding hydrogens is 284 g/mol. The van der Waals surface area contributed by atoms with Gasteiger partial charge in [-0.3, -0.25) is 15.0 Å². The first-order chi connectivity index (χ1) is 9.82. The first-order valence-corrected chi connectivity index (χ1v) is 8.55. The van der Waals surface area contributed by atoms with Crippen molar-refractivity contribution in [2.45, 2.75) is 71.4 Å². The van der Waals surface area contributed by atoms with Crippen molar-refractivity contribution in [2.24, 2.45) is 0 Å². The quantitative estimate of drug-likeness (QED) is 0.928. The lowest BCUT2D eigenvalue weighted by Crippen LogP contribution is -2.44. The smallest absolute Gasteiger partial charge is 0.243 e. The minimum absolute atomic E-state index is 0.0260. The van der Waals surface area contributed by atoms with Crippen molar-refractivity contribution in [1.82, 2.24) is 15.1 Å². The minimum atomic E-state index is -0.0310. The Balaban J connectivity index is 2.02. The van der Waals surface area contributed by atoms with Gasteiger partial charge >= 0.3 is 0 Å². The molecule has 118 valence electrons. The van der Waals surface area contributed by atoms with Crippen LogP contribution in [0.25, 0.3) is 0 Å². The number of amides is 1. The maximum absolute atomic E-state index is 12.5. The standard InChI is InChI=1S/C15H26N4OS/c1-6-10(2)19-9-7-8-11(19)12(20)16-14-18-17-13(21-14)15(3,4)5/h10-11H,6-9H2,1-5H3,(H,16,18,20). The SMILES string of the molecule is CCC(C)N1CCCC1C(=O)Nc1nnc(C(C)(C)C)s1. The Morgan fingerprint density at radius 2 is 2.19 bits per heavy atom. The Hall–Kier alpha value is -1.01. The minimum Gasteiger partial charge on any atom is -0.299 e. The lowest BCUT2D eigenvalue weighted by Gasteiger charge is -2.28. The molecule has 2 rings (SSSR count). The molecule has 2 atom stereocenters. The van der Waals surface area contributed by atoms with Crippen molar-refractivity contribution in [3.8, 4) is 0 Å². The second-order valence-electron chi connectivity index (χ2n) is 6.80. The number of nitrogens with one attached hydrogen (secondary N) is 1. The molecule has 0 radical (unpaired) electrons. The normalized spacial score (nSPS) is 21.5. The van der Waals surface area contributed by atoms with E-state index in [-0.39, 0.29) is 17.4 Å². The Labute approximate surface area is 131 Å². The third-order valence-corrected chi connectivity index (χ3v) is 5.31. The predicted octanol–water partition coefficient (Wildman–Crippen LogP) is 3.04. The molecule has 21 heavy (non-hydrogen) atoms. The number of nitrogens with zero attached hydrogens (tertiary/aromatic N) is 3. The average molecular weight is 310 g/mol. The lowest BCUT2D eigenvalue weighted by molar-refractivity contribution is -0.121. The summed E-state index contributed by atoms with van der Waals surface area (Å²) in [7, 11) is 0. The number of carbonyl (C=O) groups excluding carboxylic acids is 1. The second-order valence-corrected chi connectivity index (χ2v) is 7.78. The van der Waals surface area contributed by atoms with Crippen LogP contribution >= 0.6 is 11.3 Å². The molecule has 1 N–H and O–H groups in total. The average Bonchev–Trinajstić information content (AvgIpc) is 3.05. The fourth-order valence-corrected chi connectivity index (χ4v) is 3.40. The summed E-state index contributed by atoms with van der Waals surface area (Å²) >= 11 is 1.47. The van der Waals surface area contributed by atoms with E-state index in [1.807, 2.05) is 0 Å². The largest absolute Gasteiger partial charge is 0.299 e. The fraction of sp³-hybridized carbons (Fsp3) is 0.800. The van der Waals surface area contributed by atoms with Gasteiger partial charge in [0.2, 0.25) is 11.0 Å². The highest BCUT2D eigenvalue weighted by Crippen LogP contribution is 2.28. The molecule has 1 amide bonds. The Morgan fingerprint density at radius 1 is 1.48 bits per heavy atom. The van der Waals surface area contributed by atoms with Crippen LogP contribution in [0.1, 0.15) is 58.9 Å². The molecule has 1 aliphatic rings. The maximum atomic E-state index is 12.5. The van der Waals surface area contributed by atoms with Crippen LogP contribution in [0.2, 0.25) is 0 Å². The molecule has 5 nitrogen and oxygen atoms in total. The van der Waals surface area contributed by atoms with Crippen molar-refractivity contribution in [3.05, 3.63) is 5.01 Å². The molecule has 0 bridgehead atoms. The van der Waals surface area contributed by atoms with E-state index in [9.17, 15) is 4.79 Å². The number of rotatable bonds is 4. The van der Waals surface area contributed by atoms with Gasteiger partial charge in [-0.05, 0) is 32.7 Å². The van der Waals surface area contributed by atoms with Crippen molar-refractivity contribution >= 4 is 22.4 Å². The van der Waals surface area contributed by atoms with E-state index in [1.165, 1.54) is 11.3 Å². The Morgan fingerprint density at radius 3 is 2.76 bits per heavy atom. The van der Waals surface area contributed by atoms with Crippen molar-refractivity contribution in [1.29, 1.82) is 0 Å². The molecule has 0 saturated carbocycles. The highest BCUT2D eigenvalue weighted by molar-refractivity contribution is 7.15. The molecule has 6 heteroatoms. The number of likely N-dealkylation sites (tertiary alicyclic amines) is 1. The van der Waals surface area contributed by atoms with Gasteiger partial charge in [-0.1, -0.05) is 39.0 Å². The Bertz CT molecular complexity index is 494. The zero-order chi connectivity index (χ0) is 15.6. The van der Waals surface area contributed by atoms with Crippen LogP contribution in [-0.2, 0) is 10.2 Å². The van der Waals surface area contributed by atoms with E-state index in [0.717, 1.165) is 30.8 Å². The summed E-state index contributed by atoms with van der Waals surface area (Å²) in [4.78, 5) is 14.8. The van der Waals surface area contributed by atoms with E-state index in [4.69, 9.17) is 0 Å². The zero-order valence-electron chi connectivity index (χ0n) is 13.6. The van der Waals surface area contributed by atoms with E-state index < -0.39 is 0 Å². The number of hydrogen-bond donors (Lipinski definition) is 1. The predicted molar refractivity (Wildman–Crippen MR) is 86.7 cm³/mol. The van der Waals surface area contributed by atoms with Crippen LogP contribution in [-0.4, -0.2) is 39.6 Å². The van der Waals surface area contributed by atoms with Crippen LogP contribution in [0.15, 0.2) is 0 Å². The molecule has 0 spiro atoms. The molecule has 1 aliphatic heterocycles. The number of hydrogen-bond acceptors (Lipinski definition) is 5. The van der Waals surface area contributed by atoms with Crippen molar-refractivity contribution in [2.75, 3.05) is 11.9 Å². The van der Waals surface area contributed by atoms with Crippen LogP contribution < -0.4 is 5.32 Å². The molecule has 0 aliphatic carbocycles. The molecule has 1 aromatic heterocycles.